The van der Waals surface area contributed by atoms with Crippen LogP contribution in [-0.2, 0) is 12.8 Å². The highest BCUT2D eigenvalue weighted by molar-refractivity contribution is 7.54. The van der Waals surface area contributed by atoms with Crippen LogP contribution in [0.25, 0.3) is 0 Å². The summed E-state index contributed by atoms with van der Waals surface area (Å²) in [6.45, 7) is 4.34. The van der Waals surface area contributed by atoms with Crippen molar-refractivity contribution in [3.05, 3.63) is 29.3 Å². The van der Waals surface area contributed by atoms with Gasteiger partial charge in [-0.1, -0.05) is 38.8 Å². The topological polar surface area (TPSA) is 40.5 Å². The third kappa shape index (κ3) is 4.39. The van der Waals surface area contributed by atoms with Gasteiger partial charge in [-0.2, -0.15) is 0 Å². The zero-order valence-electron chi connectivity index (χ0n) is 10.8. The van der Waals surface area contributed by atoms with Crippen molar-refractivity contribution in [3.8, 4) is 0 Å². The first kappa shape index (κ1) is 14.6. The molecule has 2 N–H and O–H groups in total. The van der Waals surface area contributed by atoms with Gasteiger partial charge in [-0.15, -0.1) is 0 Å². The Morgan fingerprint density at radius 3 is 2.24 bits per heavy atom. The maximum atomic E-state index is 9.47. The quantitative estimate of drug-likeness (QED) is 0.733. The highest BCUT2D eigenvalue weighted by Crippen LogP contribution is 2.27. The summed E-state index contributed by atoms with van der Waals surface area (Å²) in [5.41, 5.74) is 2.48. The van der Waals surface area contributed by atoms with E-state index < -0.39 is 8.38 Å². The smallest absolute Gasteiger partial charge is 0.199 e. The van der Waals surface area contributed by atoms with E-state index in [2.05, 4.69) is 19.9 Å². The molecule has 0 unspecified atom stereocenters. The van der Waals surface area contributed by atoms with Crippen molar-refractivity contribution in [2.24, 2.45) is 0 Å². The molecule has 1 rings (SSSR count). The largest absolute Gasteiger partial charge is 0.347 e. The monoisotopic (exact) mass is 254 g/mol. The number of aryl methyl sites for hydroxylation is 1. The predicted octanol–water partition coefficient (Wildman–Crippen LogP) is 3.29. The molecule has 1 aromatic rings. The lowest BCUT2D eigenvalue weighted by Crippen LogP contribution is -2.12. The second-order valence-electron chi connectivity index (χ2n) is 4.41. The molecule has 0 amide bonds. The molecule has 0 spiro atoms. The van der Waals surface area contributed by atoms with Crippen LogP contribution in [0.5, 0.6) is 0 Å². The van der Waals surface area contributed by atoms with Crippen LogP contribution in [0, 0.1) is 0 Å². The molecule has 0 aliphatic heterocycles. The summed E-state index contributed by atoms with van der Waals surface area (Å²) >= 11 is 0. The van der Waals surface area contributed by atoms with Crippen molar-refractivity contribution >= 4 is 13.7 Å². The minimum absolute atomic E-state index is 0.752. The number of benzene rings is 1. The lowest BCUT2D eigenvalue weighted by molar-refractivity contribution is 0.496. The van der Waals surface area contributed by atoms with Gasteiger partial charge in [-0.3, -0.25) is 0 Å². The summed E-state index contributed by atoms with van der Waals surface area (Å²) in [6, 6.07) is 5.92. The van der Waals surface area contributed by atoms with E-state index in [0.717, 1.165) is 37.4 Å². The maximum absolute atomic E-state index is 9.47. The van der Waals surface area contributed by atoms with Gasteiger partial charge in [0.2, 0.25) is 0 Å². The van der Waals surface area contributed by atoms with Gasteiger partial charge in [0.15, 0.2) is 8.38 Å². The van der Waals surface area contributed by atoms with Crippen molar-refractivity contribution in [2.75, 3.05) is 0 Å². The van der Waals surface area contributed by atoms with Crippen molar-refractivity contribution in [1.82, 2.24) is 0 Å². The highest BCUT2D eigenvalue weighted by Gasteiger charge is 2.13. The molecule has 1 aromatic carbocycles. The Kier molecular flexibility index (Phi) is 6.72. The fraction of sp³-hybridized carbons (Fsp3) is 0.571. The molecule has 17 heavy (non-hydrogen) atoms. The van der Waals surface area contributed by atoms with E-state index in [1.54, 1.807) is 0 Å². The molecule has 3 heteroatoms. The minimum atomic E-state index is -1.96. The molecule has 0 saturated carbocycles. The summed E-state index contributed by atoms with van der Waals surface area (Å²) in [5, 5.41) is 0.752. The van der Waals surface area contributed by atoms with E-state index in [9.17, 15) is 9.79 Å². The Balaban J connectivity index is 2.96. The molecule has 0 bridgehead atoms. The van der Waals surface area contributed by atoms with E-state index in [1.165, 1.54) is 17.5 Å². The second kappa shape index (κ2) is 7.81. The van der Waals surface area contributed by atoms with Gasteiger partial charge in [0.05, 0.1) is 0 Å². The lowest BCUT2D eigenvalue weighted by atomic mass is 9.98. The van der Waals surface area contributed by atoms with Gasteiger partial charge in [-0.05, 0) is 42.9 Å². The summed E-state index contributed by atoms with van der Waals surface area (Å²) in [4.78, 5) is 18.9. The Bertz CT molecular complexity index is 337. The Morgan fingerprint density at radius 1 is 1.00 bits per heavy atom. The summed E-state index contributed by atoms with van der Waals surface area (Å²) in [7, 11) is -1.96. The molecular weight excluding hydrogens is 231 g/mol. The first-order valence-corrected chi connectivity index (χ1v) is 7.74. The number of hydrogen-bond acceptors (Lipinski definition) is 2. The van der Waals surface area contributed by atoms with Crippen molar-refractivity contribution in [2.45, 2.75) is 52.4 Å². The Hall–Kier alpha value is -0.430. The van der Waals surface area contributed by atoms with Gasteiger partial charge >= 0.3 is 0 Å². The highest BCUT2D eigenvalue weighted by atomic mass is 31.2. The van der Waals surface area contributed by atoms with Crippen LogP contribution in [0.3, 0.4) is 0 Å². The summed E-state index contributed by atoms with van der Waals surface area (Å²) in [5.74, 6) is 0. The normalized spacial score (nSPS) is 11.1. The summed E-state index contributed by atoms with van der Waals surface area (Å²) in [6.07, 6.45) is 6.59. The van der Waals surface area contributed by atoms with Gasteiger partial charge in [0, 0.05) is 5.30 Å². The third-order valence-electron chi connectivity index (χ3n) is 3.04. The van der Waals surface area contributed by atoms with Crippen molar-refractivity contribution in [1.29, 1.82) is 0 Å². The SMILES string of the molecule is CCCCc1cccc(P(O)O)c1CCCC. The Morgan fingerprint density at radius 2 is 1.65 bits per heavy atom. The molecule has 0 heterocycles. The van der Waals surface area contributed by atoms with Crippen LogP contribution in [0.1, 0.15) is 50.7 Å². The van der Waals surface area contributed by atoms with E-state index in [0.29, 0.717) is 0 Å². The number of unbranched alkanes of at least 4 members (excludes halogenated alkanes) is 2. The average Bonchev–Trinajstić information content (AvgIpc) is 2.33. The predicted molar refractivity (Wildman–Crippen MR) is 74.7 cm³/mol. The number of hydrogen-bond donors (Lipinski definition) is 2. The minimum Gasteiger partial charge on any atom is -0.347 e. The molecule has 0 aliphatic carbocycles. The molecule has 0 saturated heterocycles. The standard InChI is InChI=1S/C14H23O2P/c1-3-5-8-12-9-7-11-14(17(15)16)13(12)10-6-4-2/h7,9,11,15-16H,3-6,8,10H2,1-2H3. The molecule has 2 nitrogen and oxygen atoms in total. The fourth-order valence-corrected chi connectivity index (χ4v) is 2.77. The van der Waals surface area contributed by atoms with Crippen molar-refractivity contribution < 1.29 is 9.79 Å². The zero-order valence-corrected chi connectivity index (χ0v) is 11.7. The maximum Gasteiger partial charge on any atom is 0.199 e. The Labute approximate surface area is 106 Å². The van der Waals surface area contributed by atoms with E-state index in [4.69, 9.17) is 0 Å². The van der Waals surface area contributed by atoms with Crippen LogP contribution < -0.4 is 5.30 Å². The molecule has 0 aliphatic rings. The fourth-order valence-electron chi connectivity index (χ4n) is 2.05. The summed E-state index contributed by atoms with van der Waals surface area (Å²) < 4.78 is 0. The van der Waals surface area contributed by atoms with Gasteiger partial charge in [0.1, 0.15) is 0 Å². The molecule has 0 atom stereocenters. The second-order valence-corrected chi connectivity index (χ2v) is 5.47. The zero-order chi connectivity index (χ0) is 12.7. The third-order valence-corrected chi connectivity index (χ3v) is 3.89. The van der Waals surface area contributed by atoms with E-state index in [-0.39, 0.29) is 0 Å². The first-order chi connectivity index (χ1) is 8.20. The van der Waals surface area contributed by atoms with Crippen LogP contribution in [0.15, 0.2) is 18.2 Å². The van der Waals surface area contributed by atoms with Crippen LogP contribution in [0.4, 0.5) is 0 Å². The average molecular weight is 254 g/mol. The van der Waals surface area contributed by atoms with Gasteiger partial charge in [-0.25, -0.2) is 0 Å². The lowest BCUT2D eigenvalue weighted by Gasteiger charge is -2.15. The van der Waals surface area contributed by atoms with Gasteiger partial charge in [0.25, 0.3) is 0 Å². The van der Waals surface area contributed by atoms with Crippen LogP contribution >= 0.6 is 8.38 Å². The van der Waals surface area contributed by atoms with E-state index >= 15 is 0 Å². The molecule has 0 fully saturated rings. The van der Waals surface area contributed by atoms with E-state index in [1.807, 2.05) is 12.1 Å². The molecule has 0 aromatic heterocycles. The molecule has 96 valence electrons. The molecule has 0 radical (unpaired) electrons. The molecular formula is C14H23O2P. The number of rotatable bonds is 7. The van der Waals surface area contributed by atoms with Crippen molar-refractivity contribution in [3.63, 3.8) is 0 Å². The van der Waals surface area contributed by atoms with Crippen LogP contribution in [-0.4, -0.2) is 9.79 Å². The van der Waals surface area contributed by atoms with Gasteiger partial charge < -0.3 is 9.79 Å². The van der Waals surface area contributed by atoms with Crippen LogP contribution in [0.2, 0.25) is 0 Å². The first-order valence-electron chi connectivity index (χ1n) is 6.49.